The minimum atomic E-state index is -3.13. The van der Waals surface area contributed by atoms with Gasteiger partial charge >= 0.3 is 0 Å². The van der Waals surface area contributed by atoms with E-state index in [4.69, 9.17) is 5.73 Å². The van der Waals surface area contributed by atoms with Crippen LogP contribution in [0.5, 0.6) is 0 Å². The van der Waals surface area contributed by atoms with E-state index < -0.39 is 21.4 Å². The van der Waals surface area contributed by atoms with Gasteiger partial charge in [-0.2, -0.15) is 0 Å². The van der Waals surface area contributed by atoms with Crippen LogP contribution in [0, 0.1) is 5.92 Å². The van der Waals surface area contributed by atoms with Crippen LogP contribution in [0.3, 0.4) is 0 Å². The second-order valence-corrected chi connectivity index (χ2v) is 6.73. The quantitative estimate of drug-likeness (QED) is 0.703. The predicted octanol–water partition coefficient (Wildman–Crippen LogP) is -0.459. The molecular formula is C10H16N2O3S. The van der Waals surface area contributed by atoms with E-state index in [2.05, 4.69) is 5.32 Å². The van der Waals surface area contributed by atoms with Gasteiger partial charge in [0.1, 0.15) is 0 Å². The van der Waals surface area contributed by atoms with Crippen LogP contribution in [0.4, 0.5) is 0 Å². The van der Waals surface area contributed by atoms with E-state index in [-0.39, 0.29) is 17.6 Å². The Morgan fingerprint density at radius 3 is 2.56 bits per heavy atom. The van der Waals surface area contributed by atoms with E-state index in [1.807, 2.05) is 0 Å². The molecule has 1 aliphatic carbocycles. The maximum atomic E-state index is 11.8. The van der Waals surface area contributed by atoms with Crippen molar-refractivity contribution >= 4 is 15.7 Å². The first-order chi connectivity index (χ1) is 7.31. The molecule has 1 heterocycles. The zero-order valence-corrected chi connectivity index (χ0v) is 9.96. The largest absolute Gasteiger partial charge is 0.347 e. The molecular weight excluding hydrogens is 228 g/mol. The van der Waals surface area contributed by atoms with Gasteiger partial charge in [0.15, 0.2) is 9.84 Å². The van der Waals surface area contributed by atoms with Crippen LogP contribution >= 0.6 is 0 Å². The SMILES string of the molecule is CC(N)(C(=O)NC1C=CS(=O)(=O)C1)C1CC1. The van der Waals surface area contributed by atoms with Crippen LogP contribution in [-0.4, -0.2) is 31.7 Å². The molecule has 2 atom stereocenters. The summed E-state index contributed by atoms with van der Waals surface area (Å²) in [5.41, 5.74) is 5.05. The molecule has 1 amide bonds. The molecule has 16 heavy (non-hydrogen) atoms. The van der Waals surface area contributed by atoms with Crippen molar-refractivity contribution in [1.82, 2.24) is 5.32 Å². The third-order valence-electron chi connectivity index (χ3n) is 3.16. The number of amides is 1. The van der Waals surface area contributed by atoms with Crippen molar-refractivity contribution in [3.63, 3.8) is 0 Å². The van der Waals surface area contributed by atoms with Crippen LogP contribution in [0.2, 0.25) is 0 Å². The summed E-state index contributed by atoms with van der Waals surface area (Å²) in [4.78, 5) is 11.8. The molecule has 2 rings (SSSR count). The highest BCUT2D eigenvalue weighted by atomic mass is 32.2. The maximum absolute atomic E-state index is 11.8. The molecule has 0 saturated heterocycles. The Morgan fingerprint density at radius 2 is 2.12 bits per heavy atom. The number of hydrogen-bond donors (Lipinski definition) is 2. The Balaban J connectivity index is 1.96. The highest BCUT2D eigenvalue weighted by molar-refractivity contribution is 7.94. The second kappa shape index (κ2) is 3.56. The van der Waals surface area contributed by atoms with Gasteiger partial charge in [0.25, 0.3) is 0 Å². The average molecular weight is 244 g/mol. The third-order valence-corrected chi connectivity index (χ3v) is 4.56. The highest BCUT2D eigenvalue weighted by Crippen LogP contribution is 2.38. The minimum absolute atomic E-state index is 0.0561. The zero-order chi connectivity index (χ0) is 12.0. The molecule has 0 spiro atoms. The number of nitrogens with two attached hydrogens (primary N) is 1. The van der Waals surface area contributed by atoms with Gasteiger partial charge < -0.3 is 11.1 Å². The van der Waals surface area contributed by atoms with Gasteiger partial charge in [0, 0.05) is 5.41 Å². The summed E-state index contributed by atoms with van der Waals surface area (Å²) in [6.45, 7) is 1.70. The Kier molecular flexibility index (Phi) is 2.58. The fourth-order valence-electron chi connectivity index (χ4n) is 1.86. The van der Waals surface area contributed by atoms with Gasteiger partial charge in [0.05, 0.1) is 17.3 Å². The lowest BCUT2D eigenvalue weighted by Crippen LogP contribution is -2.55. The molecule has 0 aromatic rings. The number of rotatable bonds is 3. The molecule has 1 aliphatic heterocycles. The first kappa shape index (κ1) is 11.6. The molecule has 90 valence electrons. The van der Waals surface area contributed by atoms with Crippen LogP contribution in [0.15, 0.2) is 11.5 Å². The summed E-state index contributed by atoms with van der Waals surface area (Å²) < 4.78 is 22.3. The monoisotopic (exact) mass is 244 g/mol. The number of hydrogen-bond acceptors (Lipinski definition) is 4. The van der Waals surface area contributed by atoms with Crippen LogP contribution in [-0.2, 0) is 14.6 Å². The smallest absolute Gasteiger partial charge is 0.240 e. The lowest BCUT2D eigenvalue weighted by molar-refractivity contribution is -0.126. The van der Waals surface area contributed by atoms with Crippen molar-refractivity contribution in [3.8, 4) is 0 Å². The van der Waals surface area contributed by atoms with Crippen molar-refractivity contribution in [3.05, 3.63) is 11.5 Å². The molecule has 2 aliphatic rings. The summed E-state index contributed by atoms with van der Waals surface area (Å²) in [7, 11) is -3.13. The Morgan fingerprint density at radius 1 is 1.50 bits per heavy atom. The van der Waals surface area contributed by atoms with Crippen LogP contribution in [0.1, 0.15) is 19.8 Å². The molecule has 5 nitrogen and oxygen atoms in total. The minimum Gasteiger partial charge on any atom is -0.347 e. The molecule has 1 fully saturated rings. The van der Waals surface area contributed by atoms with E-state index in [1.54, 1.807) is 6.92 Å². The summed E-state index contributed by atoms with van der Waals surface area (Å²) >= 11 is 0. The lowest BCUT2D eigenvalue weighted by atomic mass is 9.96. The second-order valence-electron chi connectivity index (χ2n) is 4.79. The van der Waals surface area contributed by atoms with Gasteiger partial charge in [-0.25, -0.2) is 8.42 Å². The predicted molar refractivity (Wildman–Crippen MR) is 60.2 cm³/mol. The molecule has 0 aromatic carbocycles. The van der Waals surface area contributed by atoms with Crippen molar-refractivity contribution < 1.29 is 13.2 Å². The average Bonchev–Trinajstić information content (AvgIpc) is 2.93. The Hall–Kier alpha value is -0.880. The van der Waals surface area contributed by atoms with E-state index in [0.29, 0.717) is 0 Å². The van der Waals surface area contributed by atoms with E-state index >= 15 is 0 Å². The molecule has 6 heteroatoms. The van der Waals surface area contributed by atoms with E-state index in [9.17, 15) is 13.2 Å². The standard InChI is InChI=1S/C10H16N2O3S/c1-10(11,7-2-3-7)9(13)12-8-4-5-16(14,15)6-8/h4-5,7-8H,2-3,6,11H2,1H3,(H,12,13). The van der Waals surface area contributed by atoms with Crippen LogP contribution < -0.4 is 11.1 Å². The normalized spacial score (nSPS) is 31.0. The van der Waals surface area contributed by atoms with E-state index in [0.717, 1.165) is 18.2 Å². The summed E-state index contributed by atoms with van der Waals surface area (Å²) in [5, 5.41) is 3.81. The van der Waals surface area contributed by atoms with Crippen LogP contribution in [0.25, 0.3) is 0 Å². The van der Waals surface area contributed by atoms with Gasteiger partial charge in [0.2, 0.25) is 5.91 Å². The van der Waals surface area contributed by atoms with Gasteiger partial charge in [-0.1, -0.05) is 0 Å². The number of carbonyl (C=O) groups excluding carboxylic acids is 1. The molecule has 0 radical (unpaired) electrons. The van der Waals surface area contributed by atoms with Crippen molar-refractivity contribution in [2.45, 2.75) is 31.3 Å². The van der Waals surface area contributed by atoms with Crippen molar-refractivity contribution in [2.75, 3.05) is 5.75 Å². The third kappa shape index (κ3) is 2.27. The van der Waals surface area contributed by atoms with Gasteiger partial charge in [-0.15, -0.1) is 0 Å². The summed E-state index contributed by atoms with van der Waals surface area (Å²) in [5.74, 6) is -0.0873. The van der Waals surface area contributed by atoms with Gasteiger partial charge in [-0.3, -0.25) is 4.79 Å². The molecule has 0 aromatic heterocycles. The summed E-state index contributed by atoms with van der Waals surface area (Å²) in [6.07, 6.45) is 3.44. The first-order valence-electron chi connectivity index (χ1n) is 5.32. The molecule has 0 bridgehead atoms. The fourth-order valence-corrected chi connectivity index (χ4v) is 3.09. The molecule has 3 N–H and O–H groups in total. The highest BCUT2D eigenvalue weighted by Gasteiger charge is 2.44. The number of carbonyl (C=O) groups is 1. The van der Waals surface area contributed by atoms with E-state index in [1.165, 1.54) is 6.08 Å². The Bertz CT molecular complexity index is 435. The number of sulfone groups is 1. The van der Waals surface area contributed by atoms with Gasteiger partial charge in [-0.05, 0) is 31.8 Å². The number of nitrogens with one attached hydrogen (secondary N) is 1. The fraction of sp³-hybridized carbons (Fsp3) is 0.700. The zero-order valence-electron chi connectivity index (χ0n) is 9.14. The molecule has 2 unspecified atom stereocenters. The topological polar surface area (TPSA) is 89.3 Å². The maximum Gasteiger partial charge on any atom is 0.240 e. The Labute approximate surface area is 95.0 Å². The molecule has 1 saturated carbocycles. The summed E-state index contributed by atoms with van der Waals surface area (Å²) in [6, 6.07) is -0.431. The lowest BCUT2D eigenvalue weighted by Gasteiger charge is -2.24. The first-order valence-corrected chi connectivity index (χ1v) is 7.03. The van der Waals surface area contributed by atoms with Crippen molar-refractivity contribution in [1.29, 1.82) is 0 Å². The van der Waals surface area contributed by atoms with Crippen molar-refractivity contribution in [2.24, 2.45) is 11.7 Å².